The Morgan fingerprint density at radius 2 is 1.71 bits per heavy atom. The lowest BCUT2D eigenvalue weighted by molar-refractivity contribution is 0.183. The van der Waals surface area contributed by atoms with Gasteiger partial charge in [0.05, 0.1) is 12.0 Å². The number of hydrogen-bond donors (Lipinski definition) is 1. The molecule has 2 aliphatic carbocycles. The van der Waals surface area contributed by atoms with Crippen LogP contribution in [-0.2, 0) is 0 Å². The summed E-state index contributed by atoms with van der Waals surface area (Å²) in [5.74, 6) is 1.30. The summed E-state index contributed by atoms with van der Waals surface area (Å²) < 4.78 is 0. The van der Waals surface area contributed by atoms with Crippen LogP contribution in [0.5, 0.6) is 0 Å². The zero-order valence-corrected chi connectivity index (χ0v) is 15.0. The van der Waals surface area contributed by atoms with Gasteiger partial charge in [-0.2, -0.15) is 5.26 Å². The maximum Gasteiger partial charge on any atom is 0.227 e. The van der Waals surface area contributed by atoms with E-state index in [1.807, 2.05) is 0 Å². The van der Waals surface area contributed by atoms with Gasteiger partial charge in [-0.05, 0) is 51.0 Å². The van der Waals surface area contributed by atoms with Crippen molar-refractivity contribution in [1.82, 2.24) is 4.90 Å². The van der Waals surface area contributed by atoms with Gasteiger partial charge in [0.1, 0.15) is 0 Å². The van der Waals surface area contributed by atoms with Crippen molar-refractivity contribution in [2.75, 3.05) is 26.2 Å². The number of hydrogen-bond acceptors (Lipinski definition) is 3. The highest BCUT2D eigenvalue weighted by Gasteiger charge is 2.35. The minimum Gasteiger partial charge on any atom is -0.396 e. The second-order valence-electron chi connectivity index (χ2n) is 7.71. The Kier molecular flexibility index (Phi) is 8.57. The summed E-state index contributed by atoms with van der Waals surface area (Å²) in [6.07, 6.45) is 11.3. The van der Waals surface area contributed by atoms with Gasteiger partial charge in [0.2, 0.25) is 6.04 Å². The number of rotatable bonds is 10. The molecule has 0 spiro atoms. The van der Waals surface area contributed by atoms with E-state index in [1.165, 1.54) is 38.5 Å². The molecule has 0 aliphatic heterocycles. The predicted octanol–water partition coefficient (Wildman–Crippen LogP) is 3.87. The molecule has 4 nitrogen and oxygen atoms in total. The fourth-order valence-electron chi connectivity index (χ4n) is 4.55. The normalized spacial score (nSPS) is 29.7. The van der Waals surface area contributed by atoms with Gasteiger partial charge in [0, 0.05) is 32.0 Å². The zero-order valence-electron chi connectivity index (χ0n) is 15.0. The third-order valence-corrected chi connectivity index (χ3v) is 5.98. The fourth-order valence-corrected chi connectivity index (χ4v) is 4.55. The lowest BCUT2D eigenvalue weighted by Gasteiger charge is -2.29. The molecule has 134 valence electrons. The van der Waals surface area contributed by atoms with Crippen LogP contribution >= 0.6 is 0 Å². The zero-order chi connectivity index (χ0) is 17.2. The Hall–Kier alpha value is -1.10. The van der Waals surface area contributed by atoms with Gasteiger partial charge in [-0.15, -0.1) is 0 Å². The second-order valence-corrected chi connectivity index (χ2v) is 7.71. The number of unbranched alkanes of at least 4 members (excludes halogenated alkanes) is 3. The minimum atomic E-state index is 0.220. The average molecular weight is 332 g/mol. The van der Waals surface area contributed by atoms with E-state index in [0.717, 1.165) is 45.3 Å². The summed E-state index contributed by atoms with van der Waals surface area (Å²) in [6.45, 7) is 10.9. The molecular formula is C20H33N3O. The molecule has 4 unspecified atom stereocenters. The van der Waals surface area contributed by atoms with Crippen molar-refractivity contribution in [3.8, 4) is 6.07 Å². The maximum atomic E-state index is 9.35. The van der Waals surface area contributed by atoms with Crippen LogP contribution in [0.3, 0.4) is 0 Å². The van der Waals surface area contributed by atoms with Crippen LogP contribution in [0.25, 0.3) is 4.85 Å². The quantitative estimate of drug-likeness (QED) is 0.488. The van der Waals surface area contributed by atoms with Gasteiger partial charge in [-0.1, -0.05) is 19.3 Å². The van der Waals surface area contributed by atoms with Crippen LogP contribution in [0, 0.1) is 35.7 Å². The Morgan fingerprint density at radius 1 is 1.00 bits per heavy atom. The number of aliphatic hydroxyl groups excluding tert-OH is 1. The van der Waals surface area contributed by atoms with Crippen LogP contribution in [0.15, 0.2) is 0 Å². The summed E-state index contributed by atoms with van der Waals surface area (Å²) in [6, 6.07) is 2.73. The minimum absolute atomic E-state index is 0.220. The van der Waals surface area contributed by atoms with E-state index in [-0.39, 0.29) is 12.0 Å². The summed E-state index contributed by atoms with van der Waals surface area (Å²) >= 11 is 0. The SMILES string of the molecule is [C-]#[N+]C1CCCC1CN(CCCCCCO)CC1CCCC1C#N. The van der Waals surface area contributed by atoms with Gasteiger partial charge in [0.25, 0.3) is 0 Å². The van der Waals surface area contributed by atoms with Crippen LogP contribution in [0.2, 0.25) is 0 Å². The Labute approximate surface area is 147 Å². The molecule has 0 aromatic rings. The van der Waals surface area contributed by atoms with Gasteiger partial charge in [-0.25, -0.2) is 6.57 Å². The van der Waals surface area contributed by atoms with Crippen LogP contribution in [0.4, 0.5) is 0 Å². The smallest absolute Gasteiger partial charge is 0.227 e. The summed E-state index contributed by atoms with van der Waals surface area (Å²) in [4.78, 5) is 6.41. The molecule has 0 saturated heterocycles. The molecular weight excluding hydrogens is 298 g/mol. The Morgan fingerprint density at radius 3 is 2.46 bits per heavy atom. The van der Waals surface area contributed by atoms with E-state index >= 15 is 0 Å². The molecule has 0 bridgehead atoms. The third kappa shape index (κ3) is 5.76. The van der Waals surface area contributed by atoms with Crippen molar-refractivity contribution in [2.45, 2.75) is 70.3 Å². The van der Waals surface area contributed by atoms with Gasteiger partial charge in [-0.3, -0.25) is 0 Å². The van der Waals surface area contributed by atoms with Crippen LogP contribution in [0.1, 0.15) is 64.2 Å². The van der Waals surface area contributed by atoms with Crippen molar-refractivity contribution >= 4 is 0 Å². The van der Waals surface area contributed by atoms with Crippen molar-refractivity contribution < 1.29 is 5.11 Å². The number of nitrogens with zero attached hydrogens (tertiary/aromatic N) is 3. The molecule has 2 aliphatic rings. The molecule has 0 aromatic heterocycles. The monoisotopic (exact) mass is 331 g/mol. The standard InChI is InChI=1S/C20H33N3O/c1-22-20-11-7-10-19(20)16-23(12-4-2-3-5-13-24)15-18-9-6-8-17(18)14-21/h17-20,24H,2-13,15-16H2. The molecule has 2 saturated carbocycles. The molecule has 24 heavy (non-hydrogen) atoms. The number of aliphatic hydroxyl groups is 1. The predicted molar refractivity (Wildman–Crippen MR) is 96.2 cm³/mol. The van der Waals surface area contributed by atoms with Gasteiger partial charge < -0.3 is 14.9 Å². The maximum absolute atomic E-state index is 9.35. The van der Waals surface area contributed by atoms with Crippen LogP contribution < -0.4 is 0 Å². The summed E-state index contributed by atoms with van der Waals surface area (Å²) in [5, 5.41) is 18.3. The first-order chi connectivity index (χ1) is 11.8. The molecule has 0 amide bonds. The lowest BCUT2D eigenvalue weighted by Crippen LogP contribution is -2.37. The van der Waals surface area contributed by atoms with Gasteiger partial charge >= 0.3 is 0 Å². The highest BCUT2D eigenvalue weighted by molar-refractivity contribution is 4.95. The largest absolute Gasteiger partial charge is 0.396 e. The fraction of sp³-hybridized carbons (Fsp3) is 0.900. The lowest BCUT2D eigenvalue weighted by atomic mass is 9.95. The Bertz CT molecular complexity index is 405. The first-order valence-corrected chi connectivity index (χ1v) is 9.88. The molecule has 0 aromatic carbocycles. The van der Waals surface area contributed by atoms with E-state index in [1.54, 1.807) is 0 Å². The van der Waals surface area contributed by atoms with Crippen LogP contribution in [-0.4, -0.2) is 42.3 Å². The van der Waals surface area contributed by atoms with E-state index in [9.17, 15) is 5.26 Å². The number of nitriles is 1. The van der Waals surface area contributed by atoms with E-state index < -0.39 is 0 Å². The van der Waals surface area contributed by atoms with Crippen molar-refractivity contribution in [3.05, 3.63) is 11.4 Å². The average Bonchev–Trinajstić information content (AvgIpc) is 3.23. The topological polar surface area (TPSA) is 51.6 Å². The van der Waals surface area contributed by atoms with Crippen molar-refractivity contribution in [2.24, 2.45) is 17.8 Å². The molecule has 2 fully saturated rings. The second kappa shape index (κ2) is 10.7. The summed E-state index contributed by atoms with van der Waals surface area (Å²) in [5.41, 5.74) is 0. The van der Waals surface area contributed by atoms with E-state index in [4.69, 9.17) is 11.7 Å². The van der Waals surface area contributed by atoms with E-state index in [0.29, 0.717) is 18.4 Å². The molecule has 0 radical (unpaired) electrons. The third-order valence-electron chi connectivity index (χ3n) is 5.98. The molecule has 0 heterocycles. The molecule has 2 rings (SSSR count). The van der Waals surface area contributed by atoms with Crippen molar-refractivity contribution in [3.63, 3.8) is 0 Å². The van der Waals surface area contributed by atoms with Crippen molar-refractivity contribution in [1.29, 1.82) is 5.26 Å². The Balaban J connectivity index is 1.85. The molecule has 1 N–H and O–H groups in total. The summed E-state index contributed by atoms with van der Waals surface area (Å²) in [7, 11) is 0. The first kappa shape index (κ1) is 19.2. The molecule has 4 heteroatoms. The molecule has 4 atom stereocenters. The highest BCUT2D eigenvalue weighted by Crippen LogP contribution is 2.33. The van der Waals surface area contributed by atoms with E-state index in [2.05, 4.69) is 15.8 Å². The highest BCUT2D eigenvalue weighted by atomic mass is 16.2. The van der Waals surface area contributed by atoms with Gasteiger partial charge in [0.15, 0.2) is 0 Å². The first-order valence-electron chi connectivity index (χ1n) is 9.88.